The molecule has 0 aromatic carbocycles. The summed E-state index contributed by atoms with van der Waals surface area (Å²) in [7, 11) is 0. The third-order valence-corrected chi connectivity index (χ3v) is 4.26. The maximum atomic E-state index is 12.8. The molecule has 0 bridgehead atoms. The van der Waals surface area contributed by atoms with E-state index in [9.17, 15) is 14.0 Å². The van der Waals surface area contributed by atoms with Gasteiger partial charge in [-0.05, 0) is 25.0 Å². The number of halogens is 1. The Morgan fingerprint density at radius 3 is 3.00 bits per heavy atom. The van der Waals surface area contributed by atoms with Crippen LogP contribution in [-0.2, 0) is 11.3 Å². The van der Waals surface area contributed by atoms with Crippen molar-refractivity contribution in [3.05, 3.63) is 29.8 Å². The third kappa shape index (κ3) is 3.18. The largest absolute Gasteiger partial charge is 0.350 e. The first kappa shape index (κ1) is 14.7. The lowest BCUT2D eigenvalue weighted by atomic mass is 9.87. The Bertz CT molecular complexity index is 563. The van der Waals surface area contributed by atoms with Gasteiger partial charge < -0.3 is 15.5 Å². The van der Waals surface area contributed by atoms with Gasteiger partial charge in [-0.2, -0.15) is 0 Å². The Kier molecular flexibility index (Phi) is 4.22. The zero-order valence-electron chi connectivity index (χ0n) is 12.2. The Labute approximate surface area is 128 Å². The van der Waals surface area contributed by atoms with Gasteiger partial charge in [0.15, 0.2) is 0 Å². The highest BCUT2D eigenvalue weighted by Crippen LogP contribution is 2.25. The van der Waals surface area contributed by atoms with Gasteiger partial charge in [0.1, 0.15) is 12.4 Å². The second-order valence-electron chi connectivity index (χ2n) is 5.78. The second-order valence-corrected chi connectivity index (χ2v) is 5.78. The predicted octanol–water partition coefficient (Wildman–Crippen LogP) is 1.17. The lowest BCUT2D eigenvalue weighted by Gasteiger charge is -2.43. The van der Waals surface area contributed by atoms with Crippen LogP contribution >= 0.6 is 0 Å². The van der Waals surface area contributed by atoms with Crippen LogP contribution in [0.3, 0.4) is 0 Å². The molecule has 0 spiro atoms. The Morgan fingerprint density at radius 1 is 1.41 bits per heavy atom. The molecule has 2 heterocycles. The molecule has 2 atom stereocenters. The molecule has 1 aromatic rings. The van der Waals surface area contributed by atoms with E-state index in [-0.39, 0.29) is 37.1 Å². The average Bonchev–Trinajstić information content (AvgIpc) is 2.53. The summed E-state index contributed by atoms with van der Waals surface area (Å²) < 4.78 is 12.8. The number of aromatic nitrogens is 1. The molecule has 1 aliphatic carbocycles. The van der Waals surface area contributed by atoms with Crippen LogP contribution in [0, 0.1) is 5.82 Å². The SMILES string of the molecule is O=C1CN(C(=O)NCc2ccc(F)cn2)C2CCCCC2N1. The van der Waals surface area contributed by atoms with Gasteiger partial charge in [-0.25, -0.2) is 9.18 Å². The summed E-state index contributed by atoms with van der Waals surface area (Å²) in [5, 5.41) is 5.73. The predicted molar refractivity (Wildman–Crippen MR) is 77.3 cm³/mol. The molecule has 0 radical (unpaired) electrons. The molecule has 2 aliphatic rings. The van der Waals surface area contributed by atoms with Gasteiger partial charge in [0.05, 0.1) is 24.5 Å². The summed E-state index contributed by atoms with van der Waals surface area (Å²) in [5.74, 6) is -0.522. The fourth-order valence-corrected chi connectivity index (χ4v) is 3.18. The topological polar surface area (TPSA) is 74.3 Å². The van der Waals surface area contributed by atoms with E-state index in [1.165, 1.54) is 12.1 Å². The van der Waals surface area contributed by atoms with Gasteiger partial charge in [0, 0.05) is 6.04 Å². The number of piperazine rings is 1. The van der Waals surface area contributed by atoms with Crippen molar-refractivity contribution >= 4 is 11.9 Å². The number of carbonyl (C=O) groups is 2. The molecule has 7 heteroatoms. The standard InChI is InChI=1S/C15H19FN4O2/c16-10-5-6-11(17-7-10)8-18-15(22)20-9-14(21)19-12-3-1-2-4-13(12)20/h5-7,12-13H,1-4,8-9H2,(H,18,22)(H,19,21). The van der Waals surface area contributed by atoms with Crippen molar-refractivity contribution in [3.8, 4) is 0 Å². The molecule has 3 rings (SSSR count). The molecular formula is C15H19FN4O2. The van der Waals surface area contributed by atoms with E-state index < -0.39 is 5.82 Å². The molecule has 1 saturated carbocycles. The van der Waals surface area contributed by atoms with Crippen molar-refractivity contribution in [1.29, 1.82) is 0 Å². The molecular weight excluding hydrogens is 287 g/mol. The lowest BCUT2D eigenvalue weighted by molar-refractivity contribution is -0.126. The smallest absolute Gasteiger partial charge is 0.318 e. The number of urea groups is 1. The van der Waals surface area contributed by atoms with Crippen molar-refractivity contribution in [2.24, 2.45) is 0 Å². The number of pyridine rings is 1. The highest BCUT2D eigenvalue weighted by Gasteiger charge is 2.38. The average molecular weight is 306 g/mol. The minimum absolute atomic E-state index is 0.0599. The zero-order chi connectivity index (χ0) is 15.5. The van der Waals surface area contributed by atoms with Crippen LogP contribution in [0.4, 0.5) is 9.18 Å². The molecule has 3 amide bonds. The first-order chi connectivity index (χ1) is 10.6. The van der Waals surface area contributed by atoms with E-state index >= 15 is 0 Å². The van der Waals surface area contributed by atoms with Crippen LogP contribution in [0.25, 0.3) is 0 Å². The van der Waals surface area contributed by atoms with E-state index in [2.05, 4.69) is 15.6 Å². The normalized spacial score (nSPS) is 24.4. The molecule has 22 heavy (non-hydrogen) atoms. The van der Waals surface area contributed by atoms with E-state index in [1.54, 1.807) is 4.90 Å². The molecule has 1 saturated heterocycles. The van der Waals surface area contributed by atoms with Crippen LogP contribution in [0.1, 0.15) is 31.4 Å². The summed E-state index contributed by atoms with van der Waals surface area (Å²) in [4.78, 5) is 29.7. The molecule has 6 nitrogen and oxygen atoms in total. The number of carbonyl (C=O) groups excluding carboxylic acids is 2. The van der Waals surface area contributed by atoms with Crippen molar-refractivity contribution in [1.82, 2.24) is 20.5 Å². The molecule has 2 fully saturated rings. The van der Waals surface area contributed by atoms with Crippen molar-refractivity contribution in [3.63, 3.8) is 0 Å². The van der Waals surface area contributed by atoms with E-state index in [0.29, 0.717) is 5.69 Å². The van der Waals surface area contributed by atoms with E-state index in [1.807, 2.05) is 0 Å². The minimum atomic E-state index is -0.409. The number of amides is 3. The van der Waals surface area contributed by atoms with Crippen molar-refractivity contribution in [2.45, 2.75) is 44.3 Å². The van der Waals surface area contributed by atoms with E-state index in [4.69, 9.17) is 0 Å². The van der Waals surface area contributed by atoms with Gasteiger partial charge in [0.25, 0.3) is 0 Å². The summed E-state index contributed by atoms with van der Waals surface area (Å²) >= 11 is 0. The Hall–Kier alpha value is -2.18. The van der Waals surface area contributed by atoms with Crippen LogP contribution in [-0.4, -0.2) is 40.5 Å². The lowest BCUT2D eigenvalue weighted by Crippen LogP contribution is -2.64. The summed E-state index contributed by atoms with van der Waals surface area (Å²) in [6.45, 7) is 0.304. The van der Waals surface area contributed by atoms with Gasteiger partial charge in [-0.15, -0.1) is 0 Å². The molecule has 2 unspecified atom stereocenters. The van der Waals surface area contributed by atoms with Gasteiger partial charge in [-0.1, -0.05) is 12.8 Å². The summed E-state index contributed by atoms with van der Waals surface area (Å²) in [6, 6.07) is 2.69. The molecule has 1 aromatic heterocycles. The first-order valence-corrected chi connectivity index (χ1v) is 7.58. The van der Waals surface area contributed by atoms with Crippen LogP contribution in [0.2, 0.25) is 0 Å². The Morgan fingerprint density at radius 2 is 2.23 bits per heavy atom. The van der Waals surface area contributed by atoms with Gasteiger partial charge in [0.2, 0.25) is 5.91 Å². The van der Waals surface area contributed by atoms with Gasteiger partial charge in [-0.3, -0.25) is 9.78 Å². The molecule has 2 N–H and O–H groups in total. The monoisotopic (exact) mass is 306 g/mol. The fraction of sp³-hybridized carbons (Fsp3) is 0.533. The first-order valence-electron chi connectivity index (χ1n) is 7.58. The number of nitrogens with zero attached hydrogens (tertiary/aromatic N) is 2. The number of rotatable bonds is 2. The number of hydrogen-bond donors (Lipinski definition) is 2. The number of hydrogen-bond acceptors (Lipinski definition) is 3. The maximum Gasteiger partial charge on any atom is 0.318 e. The van der Waals surface area contributed by atoms with E-state index in [0.717, 1.165) is 31.9 Å². The highest BCUT2D eigenvalue weighted by molar-refractivity contribution is 5.86. The van der Waals surface area contributed by atoms with Crippen LogP contribution in [0.15, 0.2) is 18.3 Å². The molecule has 118 valence electrons. The Balaban J connectivity index is 1.62. The van der Waals surface area contributed by atoms with Crippen LogP contribution in [0.5, 0.6) is 0 Å². The molecule has 1 aliphatic heterocycles. The third-order valence-electron chi connectivity index (χ3n) is 4.26. The second kappa shape index (κ2) is 6.29. The van der Waals surface area contributed by atoms with Crippen molar-refractivity contribution < 1.29 is 14.0 Å². The van der Waals surface area contributed by atoms with Crippen molar-refractivity contribution in [2.75, 3.05) is 6.54 Å². The summed E-state index contributed by atoms with van der Waals surface area (Å²) in [5.41, 5.74) is 0.580. The fourth-order valence-electron chi connectivity index (χ4n) is 3.18. The maximum absolute atomic E-state index is 12.8. The summed E-state index contributed by atoms with van der Waals surface area (Å²) in [6.07, 6.45) is 5.09. The van der Waals surface area contributed by atoms with Gasteiger partial charge >= 0.3 is 6.03 Å². The minimum Gasteiger partial charge on any atom is -0.350 e. The zero-order valence-corrected chi connectivity index (χ0v) is 12.2. The quantitative estimate of drug-likeness (QED) is 0.861. The van der Waals surface area contributed by atoms with Crippen LogP contribution < -0.4 is 10.6 Å². The number of nitrogens with one attached hydrogen (secondary N) is 2. The number of fused-ring (bicyclic) bond motifs is 1. The highest BCUT2D eigenvalue weighted by atomic mass is 19.1.